The molecule has 3 aliphatic rings. The summed E-state index contributed by atoms with van der Waals surface area (Å²) in [6, 6.07) is 7.46. The number of fused-ring (bicyclic) bond motifs is 2. The number of carbonyl (C=O) groups excluding carboxylic acids is 2. The molecule has 0 atom stereocenters. The molecule has 1 aliphatic carbocycles. The first kappa shape index (κ1) is 18.4. The van der Waals surface area contributed by atoms with Gasteiger partial charge in [0, 0.05) is 37.3 Å². The smallest absolute Gasteiger partial charge is 0.258 e. The van der Waals surface area contributed by atoms with Crippen LogP contribution in [-0.2, 0) is 6.54 Å². The van der Waals surface area contributed by atoms with Gasteiger partial charge in [0.25, 0.3) is 11.8 Å². The van der Waals surface area contributed by atoms with Crippen molar-refractivity contribution in [3.05, 3.63) is 46.9 Å². The molecule has 1 aromatic carbocycles. The van der Waals surface area contributed by atoms with E-state index in [1.54, 1.807) is 11.9 Å². The van der Waals surface area contributed by atoms with E-state index in [9.17, 15) is 9.59 Å². The summed E-state index contributed by atoms with van der Waals surface area (Å²) in [7, 11) is 1.78. The lowest BCUT2D eigenvalue weighted by molar-refractivity contribution is 0.0791. The molecule has 6 rings (SSSR count). The molecule has 8 heteroatoms. The maximum Gasteiger partial charge on any atom is 0.258 e. The topological polar surface area (TPSA) is 94.2 Å². The highest BCUT2D eigenvalue weighted by Crippen LogP contribution is 2.41. The SMILES string of the molecule is CN1Cc2nc3[nH]c(C4CC4)nc3c(Nc3ccc(C(=O)N4CCCC4)cc3)c2C1=O. The highest BCUT2D eigenvalue weighted by molar-refractivity contribution is 6.09. The van der Waals surface area contributed by atoms with Crippen molar-refractivity contribution in [2.24, 2.45) is 0 Å². The number of carbonyl (C=O) groups is 2. The third-order valence-electron chi connectivity index (χ3n) is 6.43. The number of pyridine rings is 1. The average molecular weight is 416 g/mol. The molecule has 0 radical (unpaired) electrons. The second-order valence-electron chi connectivity index (χ2n) is 8.76. The summed E-state index contributed by atoms with van der Waals surface area (Å²) in [6.45, 7) is 2.15. The zero-order chi connectivity index (χ0) is 21.1. The molecule has 2 fully saturated rings. The van der Waals surface area contributed by atoms with Crippen molar-refractivity contribution in [1.29, 1.82) is 0 Å². The number of amides is 2. The van der Waals surface area contributed by atoms with E-state index < -0.39 is 0 Å². The summed E-state index contributed by atoms with van der Waals surface area (Å²) in [6.07, 6.45) is 4.42. The fourth-order valence-corrected chi connectivity index (χ4v) is 4.54. The van der Waals surface area contributed by atoms with Crippen LogP contribution in [0.25, 0.3) is 11.2 Å². The van der Waals surface area contributed by atoms with E-state index in [1.807, 2.05) is 29.2 Å². The number of nitrogens with one attached hydrogen (secondary N) is 2. The van der Waals surface area contributed by atoms with Crippen molar-refractivity contribution >= 4 is 34.4 Å². The van der Waals surface area contributed by atoms with Crippen LogP contribution < -0.4 is 5.32 Å². The van der Waals surface area contributed by atoms with Crippen LogP contribution in [0.15, 0.2) is 24.3 Å². The second kappa shape index (κ2) is 6.80. The Hall–Kier alpha value is -3.42. The van der Waals surface area contributed by atoms with Crippen LogP contribution in [0, 0.1) is 0 Å². The van der Waals surface area contributed by atoms with Gasteiger partial charge in [0.1, 0.15) is 11.3 Å². The number of hydrogen-bond donors (Lipinski definition) is 2. The van der Waals surface area contributed by atoms with Crippen LogP contribution >= 0.6 is 0 Å². The number of likely N-dealkylation sites (tertiary alicyclic amines) is 1. The van der Waals surface area contributed by atoms with Crippen LogP contribution in [0.2, 0.25) is 0 Å². The maximum atomic E-state index is 12.9. The molecule has 2 N–H and O–H groups in total. The number of nitrogens with zero attached hydrogens (tertiary/aromatic N) is 4. The molecular formula is C23H24N6O2. The average Bonchev–Trinajstić information content (AvgIpc) is 3.18. The molecule has 2 aromatic heterocycles. The fraction of sp³-hybridized carbons (Fsp3) is 0.391. The van der Waals surface area contributed by atoms with Crippen molar-refractivity contribution < 1.29 is 9.59 Å². The minimum absolute atomic E-state index is 0.0521. The highest BCUT2D eigenvalue weighted by atomic mass is 16.2. The molecule has 8 nitrogen and oxygen atoms in total. The molecule has 0 bridgehead atoms. The Labute approximate surface area is 179 Å². The molecular weight excluding hydrogens is 392 g/mol. The fourth-order valence-electron chi connectivity index (χ4n) is 4.54. The van der Waals surface area contributed by atoms with E-state index in [0.29, 0.717) is 40.4 Å². The van der Waals surface area contributed by atoms with E-state index in [-0.39, 0.29) is 11.8 Å². The zero-order valence-electron chi connectivity index (χ0n) is 17.4. The van der Waals surface area contributed by atoms with E-state index in [0.717, 1.165) is 56.0 Å². The van der Waals surface area contributed by atoms with Gasteiger partial charge >= 0.3 is 0 Å². The Morgan fingerprint density at radius 3 is 2.58 bits per heavy atom. The molecule has 3 aromatic rings. The Morgan fingerprint density at radius 1 is 1.13 bits per heavy atom. The summed E-state index contributed by atoms with van der Waals surface area (Å²) in [5.41, 5.74) is 4.94. The summed E-state index contributed by atoms with van der Waals surface area (Å²) in [5, 5.41) is 3.41. The highest BCUT2D eigenvalue weighted by Gasteiger charge is 2.34. The van der Waals surface area contributed by atoms with Crippen molar-refractivity contribution in [2.75, 3.05) is 25.5 Å². The van der Waals surface area contributed by atoms with Crippen LogP contribution in [0.4, 0.5) is 11.4 Å². The minimum atomic E-state index is -0.0521. The van der Waals surface area contributed by atoms with Crippen LogP contribution in [0.5, 0.6) is 0 Å². The normalized spacial score (nSPS) is 18.2. The molecule has 31 heavy (non-hydrogen) atoms. The van der Waals surface area contributed by atoms with Gasteiger partial charge in [-0.25, -0.2) is 9.97 Å². The molecule has 1 saturated heterocycles. The van der Waals surface area contributed by atoms with Crippen molar-refractivity contribution in [2.45, 2.75) is 38.1 Å². The van der Waals surface area contributed by atoms with Gasteiger partial charge in [0.15, 0.2) is 5.65 Å². The maximum absolute atomic E-state index is 12.9. The van der Waals surface area contributed by atoms with Gasteiger partial charge in [-0.05, 0) is 49.9 Å². The third-order valence-corrected chi connectivity index (χ3v) is 6.43. The van der Waals surface area contributed by atoms with Crippen LogP contribution in [0.1, 0.15) is 63.8 Å². The zero-order valence-corrected chi connectivity index (χ0v) is 17.4. The number of benzene rings is 1. The Balaban J connectivity index is 1.37. The Bertz CT molecular complexity index is 1210. The number of H-pyrrole nitrogens is 1. The first-order valence-corrected chi connectivity index (χ1v) is 10.9. The summed E-state index contributed by atoms with van der Waals surface area (Å²) >= 11 is 0. The monoisotopic (exact) mass is 416 g/mol. The summed E-state index contributed by atoms with van der Waals surface area (Å²) in [4.78, 5) is 41.9. The lowest BCUT2D eigenvalue weighted by Gasteiger charge is -2.16. The van der Waals surface area contributed by atoms with Gasteiger partial charge in [0.05, 0.1) is 23.5 Å². The standard InChI is InChI=1S/C23H24N6O2/c1-28-12-16-17(23(28)31)18(19-21(25-16)27-20(26-19)13-4-5-13)24-15-8-6-14(7-9-15)22(30)29-10-2-3-11-29/h6-9,13H,2-5,10-12H2,1H3,(H2,24,25,26,27). The van der Waals surface area contributed by atoms with E-state index in [2.05, 4.69) is 10.3 Å². The first-order valence-electron chi connectivity index (χ1n) is 10.9. The Kier molecular flexibility index (Phi) is 4.03. The van der Waals surface area contributed by atoms with E-state index in [4.69, 9.17) is 9.97 Å². The molecule has 2 aliphatic heterocycles. The predicted molar refractivity (Wildman–Crippen MR) is 117 cm³/mol. The van der Waals surface area contributed by atoms with Gasteiger partial charge in [0.2, 0.25) is 0 Å². The van der Waals surface area contributed by atoms with Crippen LogP contribution in [-0.4, -0.2) is 56.7 Å². The molecule has 158 valence electrons. The lowest BCUT2D eigenvalue weighted by atomic mass is 10.1. The van der Waals surface area contributed by atoms with Gasteiger partial charge in [-0.15, -0.1) is 0 Å². The van der Waals surface area contributed by atoms with Gasteiger partial charge in [-0.3, -0.25) is 9.59 Å². The number of aromatic nitrogens is 3. The number of hydrogen-bond acceptors (Lipinski definition) is 5. The van der Waals surface area contributed by atoms with E-state index >= 15 is 0 Å². The van der Waals surface area contributed by atoms with Gasteiger partial charge in [-0.2, -0.15) is 0 Å². The summed E-state index contributed by atoms with van der Waals surface area (Å²) in [5.74, 6) is 1.44. The third kappa shape index (κ3) is 3.05. The molecule has 1 saturated carbocycles. The van der Waals surface area contributed by atoms with Gasteiger partial charge in [-0.1, -0.05) is 0 Å². The lowest BCUT2D eigenvalue weighted by Crippen LogP contribution is -2.27. The predicted octanol–water partition coefficient (Wildman–Crippen LogP) is 3.40. The van der Waals surface area contributed by atoms with Crippen molar-refractivity contribution in [1.82, 2.24) is 24.8 Å². The number of aromatic amines is 1. The van der Waals surface area contributed by atoms with E-state index in [1.165, 1.54) is 0 Å². The Morgan fingerprint density at radius 2 is 1.87 bits per heavy atom. The molecule has 0 unspecified atom stereocenters. The van der Waals surface area contributed by atoms with Crippen molar-refractivity contribution in [3.63, 3.8) is 0 Å². The minimum Gasteiger partial charge on any atom is -0.353 e. The molecule has 4 heterocycles. The number of imidazole rings is 1. The first-order chi connectivity index (χ1) is 15.1. The van der Waals surface area contributed by atoms with Gasteiger partial charge < -0.3 is 20.1 Å². The van der Waals surface area contributed by atoms with Crippen molar-refractivity contribution in [3.8, 4) is 0 Å². The largest absolute Gasteiger partial charge is 0.353 e. The number of rotatable bonds is 4. The second-order valence-corrected chi connectivity index (χ2v) is 8.76. The van der Waals surface area contributed by atoms with Crippen LogP contribution in [0.3, 0.4) is 0 Å². The molecule has 2 amide bonds. The quantitative estimate of drug-likeness (QED) is 0.680. The molecule has 0 spiro atoms. The summed E-state index contributed by atoms with van der Waals surface area (Å²) < 4.78 is 0. The number of anilines is 2.